The Morgan fingerprint density at radius 2 is 1.86 bits per heavy atom. The highest BCUT2D eigenvalue weighted by Gasteiger charge is 2.23. The van der Waals surface area contributed by atoms with Crippen LogP contribution in [-0.4, -0.2) is 50.3 Å². The predicted octanol–water partition coefficient (Wildman–Crippen LogP) is 2.89. The molecule has 1 aliphatic heterocycles. The van der Waals surface area contributed by atoms with E-state index in [0.717, 1.165) is 50.5 Å². The van der Waals surface area contributed by atoms with Crippen molar-refractivity contribution in [3.63, 3.8) is 0 Å². The van der Waals surface area contributed by atoms with E-state index in [4.69, 9.17) is 4.74 Å². The predicted molar refractivity (Wildman–Crippen MR) is 88.7 cm³/mol. The molecule has 1 N–H and O–H groups in total. The van der Waals surface area contributed by atoms with E-state index in [1.807, 2.05) is 7.05 Å². The van der Waals surface area contributed by atoms with E-state index in [-0.39, 0.29) is 0 Å². The van der Waals surface area contributed by atoms with Crippen molar-refractivity contribution < 1.29 is 4.74 Å². The van der Waals surface area contributed by atoms with Gasteiger partial charge in [0.05, 0.1) is 6.10 Å². The van der Waals surface area contributed by atoms with Crippen molar-refractivity contribution in [2.24, 2.45) is 16.8 Å². The molecule has 1 aliphatic carbocycles. The van der Waals surface area contributed by atoms with Gasteiger partial charge in [-0.05, 0) is 37.5 Å². The maximum absolute atomic E-state index is 5.90. The Hall–Kier alpha value is -0.770. The quantitative estimate of drug-likeness (QED) is 0.481. The molecule has 0 spiro atoms. The summed E-state index contributed by atoms with van der Waals surface area (Å²) in [6, 6.07) is 0. The zero-order valence-corrected chi connectivity index (χ0v) is 14.1. The van der Waals surface area contributed by atoms with E-state index in [2.05, 4.69) is 29.1 Å². The molecule has 1 heterocycles. The van der Waals surface area contributed by atoms with Crippen molar-refractivity contribution in [1.29, 1.82) is 0 Å². The van der Waals surface area contributed by atoms with Crippen LogP contribution in [0.3, 0.4) is 0 Å². The van der Waals surface area contributed by atoms with Crippen LogP contribution in [0.2, 0.25) is 0 Å². The molecule has 21 heavy (non-hydrogen) atoms. The van der Waals surface area contributed by atoms with Crippen LogP contribution in [0.5, 0.6) is 0 Å². The van der Waals surface area contributed by atoms with Crippen LogP contribution < -0.4 is 5.32 Å². The van der Waals surface area contributed by atoms with Gasteiger partial charge in [-0.25, -0.2) is 0 Å². The second-order valence-corrected chi connectivity index (χ2v) is 6.96. The van der Waals surface area contributed by atoms with Gasteiger partial charge in [0, 0.05) is 33.3 Å². The number of nitrogens with zero attached hydrogens (tertiary/aromatic N) is 2. The van der Waals surface area contributed by atoms with Gasteiger partial charge >= 0.3 is 0 Å². The highest BCUT2D eigenvalue weighted by molar-refractivity contribution is 5.79. The number of nitrogens with one attached hydrogen (secondary N) is 1. The van der Waals surface area contributed by atoms with E-state index in [1.165, 1.54) is 32.1 Å². The van der Waals surface area contributed by atoms with E-state index in [1.54, 1.807) is 0 Å². The maximum Gasteiger partial charge on any atom is 0.193 e. The third-order valence-electron chi connectivity index (χ3n) is 4.64. The van der Waals surface area contributed by atoms with Gasteiger partial charge in [-0.15, -0.1) is 0 Å². The average molecular weight is 295 g/mol. The number of guanidine groups is 1. The molecule has 0 aromatic heterocycles. The molecule has 2 unspecified atom stereocenters. The van der Waals surface area contributed by atoms with Gasteiger partial charge in [0.15, 0.2) is 5.96 Å². The zero-order valence-electron chi connectivity index (χ0n) is 14.1. The van der Waals surface area contributed by atoms with Gasteiger partial charge in [-0.3, -0.25) is 4.99 Å². The number of hydrogen-bond donors (Lipinski definition) is 1. The number of aliphatic imine (C=N–C) groups is 1. The number of hydrogen-bond acceptors (Lipinski definition) is 2. The topological polar surface area (TPSA) is 36.9 Å². The molecule has 122 valence electrons. The summed E-state index contributed by atoms with van der Waals surface area (Å²) >= 11 is 0. The lowest BCUT2D eigenvalue weighted by molar-refractivity contribution is 0.0572. The molecular formula is C17H33N3O. The molecule has 0 bridgehead atoms. The van der Waals surface area contributed by atoms with Crippen molar-refractivity contribution in [2.45, 2.75) is 58.5 Å². The average Bonchev–Trinajstić information content (AvgIpc) is 2.95. The summed E-state index contributed by atoms with van der Waals surface area (Å²) in [5.41, 5.74) is 0. The second kappa shape index (κ2) is 8.62. The summed E-state index contributed by atoms with van der Waals surface area (Å²) in [7, 11) is 1.89. The third kappa shape index (κ3) is 5.50. The smallest absolute Gasteiger partial charge is 0.193 e. The molecule has 2 fully saturated rings. The minimum absolute atomic E-state index is 0.535. The lowest BCUT2D eigenvalue weighted by atomic mass is 9.92. The molecule has 0 aromatic carbocycles. The van der Waals surface area contributed by atoms with Crippen LogP contribution in [0.15, 0.2) is 4.99 Å². The Morgan fingerprint density at radius 3 is 2.48 bits per heavy atom. The maximum atomic E-state index is 5.90. The molecule has 2 rings (SSSR count). The summed E-state index contributed by atoms with van der Waals surface area (Å²) in [5.74, 6) is 2.59. The normalized spacial score (nSPS) is 28.1. The Morgan fingerprint density at radius 1 is 1.19 bits per heavy atom. The molecule has 0 aromatic rings. The largest absolute Gasteiger partial charge is 0.378 e. The summed E-state index contributed by atoms with van der Waals surface area (Å²) in [5, 5.41) is 3.50. The van der Waals surface area contributed by atoms with Gasteiger partial charge in [-0.2, -0.15) is 0 Å². The standard InChI is InChI=1S/C17H33N3O/c1-14-11-15(2)13-20(12-14)17(18-3)19-9-6-10-21-16-7-4-5-8-16/h14-16H,4-13H2,1-3H3,(H,18,19). The van der Waals surface area contributed by atoms with Crippen LogP contribution >= 0.6 is 0 Å². The Labute approximate surface area is 130 Å². The fraction of sp³-hybridized carbons (Fsp3) is 0.941. The van der Waals surface area contributed by atoms with Crippen molar-refractivity contribution in [3.05, 3.63) is 0 Å². The van der Waals surface area contributed by atoms with Crippen LogP contribution in [-0.2, 0) is 4.74 Å². The summed E-state index contributed by atoms with van der Waals surface area (Å²) < 4.78 is 5.90. The number of rotatable bonds is 5. The first-order chi connectivity index (χ1) is 10.2. The Balaban J connectivity index is 1.63. The SMILES string of the molecule is CN=C(NCCCOC1CCCC1)N1CC(C)CC(C)C1. The molecule has 0 amide bonds. The Bertz CT molecular complexity index is 316. The molecule has 4 nitrogen and oxygen atoms in total. The first kappa shape index (κ1) is 16.6. The van der Waals surface area contributed by atoms with E-state index < -0.39 is 0 Å². The number of likely N-dealkylation sites (tertiary alicyclic amines) is 1. The molecule has 1 saturated carbocycles. The van der Waals surface area contributed by atoms with Crippen LogP contribution in [0.25, 0.3) is 0 Å². The minimum Gasteiger partial charge on any atom is -0.378 e. The van der Waals surface area contributed by atoms with E-state index in [0.29, 0.717) is 6.10 Å². The van der Waals surface area contributed by atoms with Crippen LogP contribution in [0.4, 0.5) is 0 Å². The number of piperidine rings is 1. The molecular weight excluding hydrogens is 262 g/mol. The van der Waals surface area contributed by atoms with Crippen molar-refractivity contribution >= 4 is 5.96 Å². The van der Waals surface area contributed by atoms with Gasteiger partial charge in [0.2, 0.25) is 0 Å². The third-order valence-corrected chi connectivity index (χ3v) is 4.64. The lowest BCUT2D eigenvalue weighted by Crippen LogP contribution is -2.48. The van der Waals surface area contributed by atoms with Gasteiger partial charge < -0.3 is 15.0 Å². The molecule has 4 heteroatoms. The molecule has 1 saturated heterocycles. The van der Waals surface area contributed by atoms with Gasteiger partial charge in [0.1, 0.15) is 0 Å². The Kier molecular flexibility index (Phi) is 6.81. The summed E-state index contributed by atoms with van der Waals surface area (Å²) in [6.45, 7) is 8.77. The minimum atomic E-state index is 0.535. The van der Waals surface area contributed by atoms with Crippen molar-refractivity contribution in [3.8, 4) is 0 Å². The second-order valence-electron chi connectivity index (χ2n) is 6.96. The summed E-state index contributed by atoms with van der Waals surface area (Å²) in [4.78, 5) is 6.86. The monoisotopic (exact) mass is 295 g/mol. The van der Waals surface area contributed by atoms with Crippen molar-refractivity contribution in [1.82, 2.24) is 10.2 Å². The fourth-order valence-corrected chi connectivity index (χ4v) is 3.75. The van der Waals surface area contributed by atoms with Crippen LogP contribution in [0.1, 0.15) is 52.4 Å². The zero-order chi connectivity index (χ0) is 15.1. The fourth-order valence-electron chi connectivity index (χ4n) is 3.75. The molecule has 2 aliphatic rings. The van der Waals surface area contributed by atoms with Crippen molar-refractivity contribution in [2.75, 3.05) is 33.3 Å². The highest BCUT2D eigenvalue weighted by Crippen LogP contribution is 2.21. The van der Waals surface area contributed by atoms with E-state index >= 15 is 0 Å². The van der Waals surface area contributed by atoms with Gasteiger partial charge in [0.25, 0.3) is 0 Å². The number of ether oxygens (including phenoxy) is 1. The summed E-state index contributed by atoms with van der Waals surface area (Å²) in [6.07, 6.45) is 8.16. The van der Waals surface area contributed by atoms with E-state index in [9.17, 15) is 0 Å². The first-order valence-corrected chi connectivity index (χ1v) is 8.76. The highest BCUT2D eigenvalue weighted by atomic mass is 16.5. The lowest BCUT2D eigenvalue weighted by Gasteiger charge is -2.37. The molecule has 0 radical (unpaired) electrons. The van der Waals surface area contributed by atoms with Crippen LogP contribution in [0, 0.1) is 11.8 Å². The van der Waals surface area contributed by atoms with Gasteiger partial charge in [-0.1, -0.05) is 26.7 Å². The molecule has 2 atom stereocenters. The first-order valence-electron chi connectivity index (χ1n) is 8.76.